The van der Waals surface area contributed by atoms with Crippen molar-refractivity contribution in [2.45, 2.75) is 141 Å². The summed E-state index contributed by atoms with van der Waals surface area (Å²) in [6.07, 6.45) is -2.60. The number of benzene rings is 4. The zero-order chi connectivity index (χ0) is 80.8. The SMILES string of the molecule is C.CC(=O)CN1CCN(CC(N)=O)CCN(CC(N)=O)[C@@H](Cc2ccc(NC(=S)N[C@H](Cc3ccccc3)C(=O)C[C@H]3CSSC[C@@H](C(=O)C[C@H](C(=O)O)[C@@H](C)O)NC(=O)[C@H]([C@@H](C)O)CC(=O)[C@H](CCCCN)NC(=O)[C@@H](Cc4c[nH]c5ccccc45)NC(=O)[C@H](Cc4ccc(O)cc4)NC3=O)cc2)CN(CC(N)=O)CC1. The first-order chi connectivity index (χ1) is 52.9. The Labute approximate surface area is 665 Å². The van der Waals surface area contributed by atoms with Crippen molar-refractivity contribution in [2.75, 3.05) is 95.4 Å². The minimum Gasteiger partial charge on any atom is -0.508 e. The van der Waals surface area contributed by atoms with Crippen LogP contribution in [0.4, 0.5) is 5.69 Å². The highest BCUT2D eigenvalue weighted by Crippen LogP contribution is 2.30. The Morgan fingerprint density at radius 1 is 0.643 bits per heavy atom. The molecule has 0 unspecified atom stereocenters. The van der Waals surface area contributed by atoms with Gasteiger partial charge in [0.1, 0.15) is 23.6 Å². The number of aromatic nitrogens is 1. The first kappa shape index (κ1) is 91.6. The third-order valence-electron chi connectivity index (χ3n) is 19.5. The van der Waals surface area contributed by atoms with Gasteiger partial charge < -0.3 is 80.2 Å². The number of phenols is 1. The van der Waals surface area contributed by atoms with Crippen LogP contribution in [0.25, 0.3) is 10.9 Å². The fourth-order valence-electron chi connectivity index (χ4n) is 13.4. The molecule has 0 aliphatic carbocycles. The van der Waals surface area contributed by atoms with Gasteiger partial charge in [-0.05, 0) is 124 Å². The number of Topliss-reactive ketones (excluding diaryl/α,β-unsaturated/α-hetero) is 4. The number of para-hydroxylation sites is 1. The number of aliphatic carboxylic acids is 1. The van der Waals surface area contributed by atoms with Crippen molar-refractivity contribution in [3.63, 3.8) is 0 Å². The number of amides is 7. The summed E-state index contributed by atoms with van der Waals surface area (Å²) in [6.45, 7) is 6.22. The Hall–Kier alpha value is -9.23. The van der Waals surface area contributed by atoms with Gasteiger partial charge >= 0.3 is 5.97 Å². The number of unbranched alkanes of at least 4 members (excludes halogenated alkanes) is 1. The highest BCUT2D eigenvalue weighted by Gasteiger charge is 2.39. The number of aromatic amines is 1. The molecule has 34 heteroatoms. The second kappa shape index (κ2) is 46.1. The number of carboxylic acid groups (broad SMARTS) is 1. The Balaban J connectivity index is 0.0000196. The van der Waals surface area contributed by atoms with Crippen molar-refractivity contribution in [3.8, 4) is 5.75 Å². The molecule has 11 atom stereocenters. The van der Waals surface area contributed by atoms with E-state index in [9.17, 15) is 58.8 Å². The third kappa shape index (κ3) is 30.4. The number of phenolic OH excluding ortho intramolecular Hbond substituents is 1. The van der Waals surface area contributed by atoms with Gasteiger partial charge in [-0.3, -0.25) is 77.1 Å². The lowest BCUT2D eigenvalue weighted by atomic mass is 9.90. The summed E-state index contributed by atoms with van der Waals surface area (Å²) in [4.78, 5) is 178. The normalized spacial score (nSPS) is 21.4. The molecular formula is C78H109N15O16S3. The van der Waals surface area contributed by atoms with E-state index in [0.717, 1.165) is 27.2 Å². The third-order valence-corrected chi connectivity index (χ3v) is 22.3. The van der Waals surface area contributed by atoms with Gasteiger partial charge in [0, 0.05) is 118 Å². The van der Waals surface area contributed by atoms with Gasteiger partial charge in [-0.15, -0.1) is 0 Å². The van der Waals surface area contributed by atoms with Crippen molar-refractivity contribution < 1.29 is 78.0 Å². The largest absolute Gasteiger partial charge is 0.508 e. The molecule has 610 valence electrons. The highest BCUT2D eigenvalue weighted by atomic mass is 33.1. The molecule has 112 heavy (non-hydrogen) atoms. The molecule has 2 aliphatic heterocycles. The number of carbonyl (C=O) groups excluding carboxylic acids is 11. The summed E-state index contributed by atoms with van der Waals surface area (Å²) < 4.78 is 0. The number of primary amides is 3. The summed E-state index contributed by atoms with van der Waals surface area (Å²) in [5.74, 6) is -13.9. The maximum Gasteiger partial charge on any atom is 0.309 e. The zero-order valence-corrected chi connectivity index (χ0v) is 65.2. The zero-order valence-electron chi connectivity index (χ0n) is 62.7. The van der Waals surface area contributed by atoms with Crippen LogP contribution in [0, 0.1) is 17.8 Å². The molecule has 31 nitrogen and oxygen atoms in total. The molecule has 0 spiro atoms. The standard InChI is InChI=1S/C77H105N15O16S3.CH4/c1-46(93)39-89-25-26-90(41-69(79)100)29-30-92(43-71(81)102)55(40-91(28-27-89)42-70(80)101)31-50-16-20-54(21-17-50)83-77(109)88-62(32-49-11-5-4-6-12-49)66(97)35-53-44-110-111-45-65(68(99)37-59(48(3)95)76(107)108)87-73(104)58(47(2)94)36-67(98)61(15-9-10-24-78)84-75(106)64(34-52-38-82-60-14-8-7-13-57(52)60)86-74(105)63(85-72(53)103)33-51-18-22-56(96)23-19-51;/h4-8,11-14,16-23,38,47-48,53,55,58-59,61-65,82,94-96H,9-10,15,24-37,39-45,78H2,1-3H3,(H2,79,100)(H2,80,101)(H2,81,102)(H,84,106)(H,85,103)(H,86,105)(H,87,104)(H,107,108)(H2,83,88,109);1H4/t47-,48-,53+,55+,58+,59+,61+,62-,63+,64-,65+;/m1./s1. The van der Waals surface area contributed by atoms with E-state index < -0.39 is 150 Å². The molecule has 7 rings (SSSR count). The van der Waals surface area contributed by atoms with Gasteiger partial charge in [-0.1, -0.05) is 102 Å². The van der Waals surface area contributed by atoms with E-state index in [1.54, 1.807) is 66.9 Å². The highest BCUT2D eigenvalue weighted by molar-refractivity contribution is 8.76. The number of hydrogen-bond donors (Lipinski definition) is 15. The van der Waals surface area contributed by atoms with Crippen LogP contribution in [-0.4, -0.2) is 259 Å². The maximum absolute atomic E-state index is 15.5. The number of hydrogen-bond acceptors (Lipinski definition) is 23. The van der Waals surface area contributed by atoms with Crippen molar-refractivity contribution in [1.29, 1.82) is 0 Å². The lowest BCUT2D eigenvalue weighted by molar-refractivity contribution is -0.148. The molecule has 0 saturated carbocycles. The van der Waals surface area contributed by atoms with Crippen LogP contribution in [0.1, 0.15) is 89.0 Å². The summed E-state index contributed by atoms with van der Waals surface area (Å²) in [6, 6.07) is 21.8. The Morgan fingerprint density at radius 2 is 1.21 bits per heavy atom. The van der Waals surface area contributed by atoms with Crippen molar-refractivity contribution in [1.82, 2.24) is 51.2 Å². The second-order valence-electron chi connectivity index (χ2n) is 28.5. The quantitative estimate of drug-likeness (QED) is 0.0168. The summed E-state index contributed by atoms with van der Waals surface area (Å²) in [5, 5.41) is 60.4. The molecule has 0 radical (unpaired) electrons. The molecule has 19 N–H and O–H groups in total. The Bertz CT molecular complexity index is 4010. The molecular weight excluding hydrogens is 1500 g/mol. The number of anilines is 1. The van der Waals surface area contributed by atoms with E-state index in [-0.39, 0.29) is 107 Å². The molecule has 5 aromatic rings. The van der Waals surface area contributed by atoms with Crippen LogP contribution < -0.4 is 54.8 Å². The molecule has 3 heterocycles. The molecule has 0 bridgehead atoms. The predicted octanol–water partition coefficient (Wildman–Crippen LogP) is 1.11. The fourth-order valence-corrected chi connectivity index (χ4v) is 16.2. The number of carboxylic acids is 1. The molecule has 2 aliphatic rings. The predicted molar refractivity (Wildman–Crippen MR) is 433 cm³/mol. The summed E-state index contributed by atoms with van der Waals surface area (Å²) >= 11 is 5.95. The number of rotatable bonds is 31. The monoisotopic (exact) mass is 1610 g/mol. The van der Waals surface area contributed by atoms with Gasteiger partial charge in [0.2, 0.25) is 41.4 Å². The molecule has 4 aromatic carbocycles. The van der Waals surface area contributed by atoms with Crippen LogP contribution in [0.2, 0.25) is 0 Å². The smallest absolute Gasteiger partial charge is 0.309 e. The summed E-state index contributed by atoms with van der Waals surface area (Å²) in [7, 11) is 1.97. The number of nitrogens with one attached hydrogen (secondary N) is 7. The summed E-state index contributed by atoms with van der Waals surface area (Å²) in [5.41, 5.74) is 26.9. The maximum atomic E-state index is 15.5. The number of aromatic hydroxyl groups is 1. The van der Waals surface area contributed by atoms with Gasteiger partial charge in [-0.2, -0.15) is 0 Å². The number of aliphatic hydroxyl groups is 2. The number of thiocarbonyl (C=S) groups is 1. The van der Waals surface area contributed by atoms with Crippen LogP contribution >= 0.6 is 33.8 Å². The number of carbonyl (C=O) groups is 12. The molecule has 2 saturated heterocycles. The first-order valence-electron chi connectivity index (χ1n) is 37.0. The first-order valence-corrected chi connectivity index (χ1v) is 39.9. The number of H-pyrrole nitrogens is 1. The van der Waals surface area contributed by atoms with Crippen molar-refractivity contribution in [3.05, 3.63) is 132 Å². The topological polar surface area (TPSA) is 491 Å². The van der Waals surface area contributed by atoms with Crippen LogP contribution in [-0.2, 0) is 83.2 Å². The molecule has 2 fully saturated rings. The van der Waals surface area contributed by atoms with E-state index in [1.165, 1.54) is 32.9 Å². The van der Waals surface area contributed by atoms with Crippen molar-refractivity contribution >= 4 is 126 Å². The van der Waals surface area contributed by atoms with E-state index >= 15 is 19.2 Å². The van der Waals surface area contributed by atoms with Crippen LogP contribution in [0.5, 0.6) is 5.75 Å². The van der Waals surface area contributed by atoms with Gasteiger partial charge in [-0.25, -0.2) is 0 Å². The number of nitrogens with two attached hydrogens (primary N) is 4. The molecule has 1 aromatic heterocycles. The van der Waals surface area contributed by atoms with E-state index in [1.807, 2.05) is 49.9 Å². The van der Waals surface area contributed by atoms with Gasteiger partial charge in [0.25, 0.3) is 0 Å². The van der Waals surface area contributed by atoms with E-state index in [0.29, 0.717) is 85.3 Å². The van der Waals surface area contributed by atoms with E-state index in [4.69, 9.17) is 35.2 Å². The lowest BCUT2D eigenvalue weighted by Gasteiger charge is -2.38. The minimum absolute atomic E-state index is 0. The number of aliphatic hydroxyl groups excluding tert-OH is 2. The average Bonchev–Trinajstić information content (AvgIpc) is 1.62. The Kier molecular flexibility index (Phi) is 37.7. The minimum atomic E-state index is -1.61. The van der Waals surface area contributed by atoms with Crippen LogP contribution in [0.3, 0.4) is 0 Å². The molecule has 7 amide bonds. The Morgan fingerprint density at radius 3 is 1.84 bits per heavy atom. The average molecular weight is 1610 g/mol. The van der Waals surface area contributed by atoms with E-state index in [2.05, 4.69) is 36.9 Å². The number of ketones is 4. The number of fused-ring (bicyclic) bond motifs is 1. The fraction of sp³-hybridized carbons (Fsp3) is 0.500. The van der Waals surface area contributed by atoms with Crippen LogP contribution in [0.15, 0.2) is 109 Å². The number of nitrogens with zero attached hydrogens (tertiary/aromatic N) is 4. The van der Waals surface area contributed by atoms with Gasteiger partial charge in [0.15, 0.2) is 22.5 Å². The van der Waals surface area contributed by atoms with Crippen molar-refractivity contribution in [2.24, 2.45) is 40.7 Å². The second-order valence-corrected chi connectivity index (χ2v) is 31.5. The van der Waals surface area contributed by atoms with Gasteiger partial charge in [0.05, 0.1) is 74.3 Å². The lowest BCUT2D eigenvalue weighted by Crippen LogP contribution is -2.57.